The molecule has 0 saturated carbocycles. The molecule has 6 nitrogen and oxygen atoms in total. The van der Waals surface area contributed by atoms with E-state index in [1.807, 2.05) is 6.92 Å². The first kappa shape index (κ1) is 16.1. The predicted molar refractivity (Wildman–Crippen MR) is 66.9 cm³/mol. The zero-order valence-corrected chi connectivity index (χ0v) is 11.0. The van der Waals surface area contributed by atoms with Crippen molar-refractivity contribution in [2.45, 2.75) is 32.7 Å². The summed E-state index contributed by atoms with van der Waals surface area (Å²) in [6.45, 7) is 3.37. The van der Waals surface area contributed by atoms with Crippen molar-refractivity contribution in [3.8, 4) is 0 Å². The second kappa shape index (κ2) is 8.27. The Balaban J connectivity index is 4.77. The number of carbonyl (C=O) groups is 3. The summed E-state index contributed by atoms with van der Waals surface area (Å²) in [6.07, 6.45) is 3.52. The highest BCUT2D eigenvalue weighted by Crippen LogP contribution is 2.10. The minimum atomic E-state index is -0.997. The van der Waals surface area contributed by atoms with Gasteiger partial charge in [0.05, 0.1) is 12.6 Å². The van der Waals surface area contributed by atoms with E-state index in [0.717, 1.165) is 6.42 Å². The van der Waals surface area contributed by atoms with Gasteiger partial charge in [0.15, 0.2) is 0 Å². The highest BCUT2D eigenvalue weighted by molar-refractivity contribution is 5.86. The lowest BCUT2D eigenvalue weighted by atomic mass is 10.1. The zero-order valence-electron chi connectivity index (χ0n) is 11.0. The van der Waals surface area contributed by atoms with Gasteiger partial charge in [0.2, 0.25) is 12.3 Å². The lowest BCUT2D eigenvalue weighted by molar-refractivity contribution is -0.133. The van der Waals surface area contributed by atoms with Gasteiger partial charge in [-0.1, -0.05) is 19.4 Å². The fraction of sp³-hybridized carbons (Fsp3) is 0.583. The van der Waals surface area contributed by atoms with Crippen molar-refractivity contribution in [3.63, 3.8) is 0 Å². The molecule has 0 rings (SSSR count). The van der Waals surface area contributed by atoms with E-state index < -0.39 is 5.97 Å². The summed E-state index contributed by atoms with van der Waals surface area (Å²) in [5.41, 5.74) is 0.205. The number of nitrogens with one attached hydrogen (secondary N) is 1. The average Bonchev–Trinajstić information content (AvgIpc) is 2.34. The van der Waals surface area contributed by atoms with E-state index in [-0.39, 0.29) is 24.1 Å². The van der Waals surface area contributed by atoms with E-state index in [2.05, 4.69) is 5.32 Å². The van der Waals surface area contributed by atoms with E-state index in [9.17, 15) is 14.4 Å². The van der Waals surface area contributed by atoms with Gasteiger partial charge in [-0.05, 0) is 13.3 Å². The van der Waals surface area contributed by atoms with Gasteiger partial charge in [0.1, 0.15) is 0 Å². The number of carbonyl (C=O) groups excluding carboxylic acids is 2. The van der Waals surface area contributed by atoms with Crippen LogP contribution >= 0.6 is 0 Å². The Morgan fingerprint density at radius 2 is 2.06 bits per heavy atom. The number of likely N-dealkylation sites (N-methyl/N-ethyl adjacent to an activating group) is 1. The van der Waals surface area contributed by atoms with Crippen molar-refractivity contribution in [1.29, 1.82) is 0 Å². The maximum absolute atomic E-state index is 11.7. The zero-order chi connectivity index (χ0) is 14.1. The molecule has 0 aliphatic rings. The van der Waals surface area contributed by atoms with Crippen LogP contribution < -0.4 is 5.32 Å². The maximum atomic E-state index is 11.7. The Kier molecular flexibility index (Phi) is 7.42. The molecule has 0 unspecified atom stereocenters. The molecule has 1 atom stereocenters. The third kappa shape index (κ3) is 5.47. The first-order valence-electron chi connectivity index (χ1n) is 5.78. The van der Waals surface area contributed by atoms with Gasteiger partial charge < -0.3 is 15.3 Å². The van der Waals surface area contributed by atoms with Crippen LogP contribution in [0.1, 0.15) is 26.7 Å². The summed E-state index contributed by atoms with van der Waals surface area (Å²) in [4.78, 5) is 34.0. The summed E-state index contributed by atoms with van der Waals surface area (Å²) in [6, 6.07) is -0.271. The molecule has 2 N–H and O–H groups in total. The molecule has 6 heteroatoms. The molecule has 0 aliphatic heterocycles. The van der Waals surface area contributed by atoms with Crippen LogP contribution in [0.15, 0.2) is 11.6 Å². The molecule has 0 fully saturated rings. The third-order valence-electron chi connectivity index (χ3n) is 2.59. The summed E-state index contributed by atoms with van der Waals surface area (Å²) in [5.74, 6) is -1.25. The molecule has 0 aromatic heterocycles. The Morgan fingerprint density at radius 1 is 1.44 bits per heavy atom. The van der Waals surface area contributed by atoms with Gasteiger partial charge in [-0.2, -0.15) is 0 Å². The van der Waals surface area contributed by atoms with Crippen molar-refractivity contribution in [2.75, 3.05) is 13.6 Å². The number of nitrogens with zero attached hydrogens (tertiary/aromatic N) is 1. The molecular formula is C12H20N2O4. The van der Waals surface area contributed by atoms with Crippen LogP contribution in [0.4, 0.5) is 0 Å². The van der Waals surface area contributed by atoms with Gasteiger partial charge >= 0.3 is 5.97 Å². The number of hydrogen-bond acceptors (Lipinski definition) is 3. The average molecular weight is 256 g/mol. The normalized spacial score (nSPS) is 12.7. The first-order valence-corrected chi connectivity index (χ1v) is 5.78. The molecule has 0 radical (unpaired) electrons. The van der Waals surface area contributed by atoms with Crippen molar-refractivity contribution in [3.05, 3.63) is 11.6 Å². The number of aliphatic carboxylic acids is 1. The van der Waals surface area contributed by atoms with Gasteiger partial charge in [0, 0.05) is 12.6 Å². The molecule has 0 spiro atoms. The number of amides is 2. The summed E-state index contributed by atoms with van der Waals surface area (Å²) in [7, 11) is 1.60. The first-order chi connectivity index (χ1) is 8.43. The van der Waals surface area contributed by atoms with Crippen LogP contribution in [-0.2, 0) is 14.4 Å². The van der Waals surface area contributed by atoms with Crippen molar-refractivity contribution in [2.24, 2.45) is 0 Å². The Bertz CT molecular complexity index is 339. The van der Waals surface area contributed by atoms with Crippen LogP contribution in [0.2, 0.25) is 0 Å². The smallest absolute Gasteiger partial charge is 0.331 e. The van der Waals surface area contributed by atoms with Gasteiger partial charge in [0.25, 0.3) is 0 Å². The number of carboxylic acids is 1. The minimum Gasteiger partial charge on any atom is -0.478 e. The molecular weight excluding hydrogens is 236 g/mol. The predicted octanol–water partition coefficient (Wildman–Crippen LogP) is 0.390. The number of rotatable bonds is 8. The lowest BCUT2D eigenvalue weighted by Gasteiger charge is -2.25. The Morgan fingerprint density at radius 3 is 2.50 bits per heavy atom. The summed E-state index contributed by atoms with van der Waals surface area (Å²) >= 11 is 0. The Labute approximate surface area is 107 Å². The van der Waals surface area contributed by atoms with E-state index in [4.69, 9.17) is 5.11 Å². The standard InChI is InChI=1S/C12H20N2O4/c1-4-5-10(6-9(2)12(17)18)14(3)11(16)7-13-8-15/h6,8,10H,4-5,7H2,1-3H3,(H,13,15)(H,17,18)/b9-6+/t10-/m0/s1. The van der Waals surface area contributed by atoms with Gasteiger partial charge in [-0.3, -0.25) is 9.59 Å². The van der Waals surface area contributed by atoms with Gasteiger partial charge in [-0.15, -0.1) is 0 Å². The molecule has 2 amide bonds. The van der Waals surface area contributed by atoms with Crippen LogP contribution in [0, 0.1) is 0 Å². The number of carboxylic acid groups (broad SMARTS) is 1. The van der Waals surface area contributed by atoms with E-state index in [1.165, 1.54) is 11.8 Å². The minimum absolute atomic E-state index is 0.0832. The Hall–Kier alpha value is -1.85. The fourth-order valence-electron chi connectivity index (χ4n) is 1.48. The van der Waals surface area contributed by atoms with Crippen LogP contribution in [0.3, 0.4) is 0 Å². The van der Waals surface area contributed by atoms with E-state index in [0.29, 0.717) is 12.8 Å². The largest absolute Gasteiger partial charge is 0.478 e. The van der Waals surface area contributed by atoms with Crippen molar-refractivity contribution in [1.82, 2.24) is 10.2 Å². The van der Waals surface area contributed by atoms with Crippen LogP contribution in [0.25, 0.3) is 0 Å². The summed E-state index contributed by atoms with van der Waals surface area (Å²) < 4.78 is 0. The summed E-state index contributed by atoms with van der Waals surface area (Å²) in [5, 5.41) is 11.1. The van der Waals surface area contributed by atoms with E-state index in [1.54, 1.807) is 13.1 Å². The molecule has 0 aromatic carbocycles. The highest BCUT2D eigenvalue weighted by atomic mass is 16.4. The molecule has 0 heterocycles. The monoisotopic (exact) mass is 256 g/mol. The quantitative estimate of drug-likeness (QED) is 0.486. The molecule has 0 bridgehead atoms. The van der Waals surface area contributed by atoms with E-state index >= 15 is 0 Å². The van der Waals surface area contributed by atoms with Crippen molar-refractivity contribution >= 4 is 18.3 Å². The SMILES string of the molecule is CCC[C@@H](/C=C(\C)C(=O)O)N(C)C(=O)CNC=O. The second-order valence-electron chi connectivity index (χ2n) is 4.01. The highest BCUT2D eigenvalue weighted by Gasteiger charge is 2.18. The molecule has 0 saturated heterocycles. The number of hydrogen-bond donors (Lipinski definition) is 2. The molecule has 0 aliphatic carbocycles. The van der Waals surface area contributed by atoms with Crippen LogP contribution in [-0.4, -0.2) is 47.9 Å². The van der Waals surface area contributed by atoms with Crippen molar-refractivity contribution < 1.29 is 19.5 Å². The molecule has 18 heavy (non-hydrogen) atoms. The fourth-order valence-corrected chi connectivity index (χ4v) is 1.48. The molecule has 0 aromatic rings. The lowest BCUT2D eigenvalue weighted by Crippen LogP contribution is -2.41. The van der Waals surface area contributed by atoms with Crippen LogP contribution in [0.5, 0.6) is 0 Å². The molecule has 102 valence electrons. The topological polar surface area (TPSA) is 86.7 Å². The maximum Gasteiger partial charge on any atom is 0.331 e. The third-order valence-corrected chi connectivity index (χ3v) is 2.59. The van der Waals surface area contributed by atoms with Gasteiger partial charge in [-0.25, -0.2) is 4.79 Å². The second-order valence-corrected chi connectivity index (χ2v) is 4.01.